The van der Waals surface area contributed by atoms with Crippen LogP contribution in [0.3, 0.4) is 0 Å². The van der Waals surface area contributed by atoms with Crippen molar-refractivity contribution in [2.75, 3.05) is 4.72 Å². The maximum Gasteiger partial charge on any atom is 0.264 e. The molecule has 110 valence electrons. The molecule has 0 saturated heterocycles. The number of primary amides is 1. The molecular formula is C13H10F2N2O3S. The fraction of sp³-hybridized carbons (Fsp3) is 0. The Labute approximate surface area is 119 Å². The predicted octanol–water partition coefficient (Wildman–Crippen LogP) is 1.86. The van der Waals surface area contributed by atoms with Gasteiger partial charge in [0, 0.05) is 0 Å². The molecule has 0 radical (unpaired) electrons. The van der Waals surface area contributed by atoms with Gasteiger partial charge in [-0.25, -0.2) is 17.2 Å². The van der Waals surface area contributed by atoms with E-state index >= 15 is 0 Å². The van der Waals surface area contributed by atoms with Crippen LogP contribution < -0.4 is 10.5 Å². The number of rotatable bonds is 4. The summed E-state index contributed by atoms with van der Waals surface area (Å²) in [6.07, 6.45) is 0. The Balaban J connectivity index is 2.48. The Morgan fingerprint density at radius 1 is 1.05 bits per heavy atom. The van der Waals surface area contributed by atoms with Gasteiger partial charge in [-0.15, -0.1) is 0 Å². The molecule has 0 spiro atoms. The topological polar surface area (TPSA) is 89.3 Å². The Kier molecular flexibility index (Phi) is 3.90. The van der Waals surface area contributed by atoms with E-state index in [0.29, 0.717) is 0 Å². The van der Waals surface area contributed by atoms with Gasteiger partial charge in [0.15, 0.2) is 11.6 Å². The number of hydrogen-bond acceptors (Lipinski definition) is 3. The van der Waals surface area contributed by atoms with Gasteiger partial charge in [0.1, 0.15) is 4.90 Å². The minimum atomic E-state index is -4.40. The molecule has 2 aromatic carbocycles. The van der Waals surface area contributed by atoms with E-state index in [1.807, 2.05) is 4.72 Å². The molecule has 2 rings (SSSR count). The number of sulfonamides is 1. The third-order valence-corrected chi connectivity index (χ3v) is 4.03. The van der Waals surface area contributed by atoms with Crippen molar-refractivity contribution >= 4 is 21.6 Å². The van der Waals surface area contributed by atoms with E-state index in [2.05, 4.69) is 0 Å². The number of hydrogen-bond donors (Lipinski definition) is 2. The fourth-order valence-corrected chi connectivity index (χ4v) is 2.85. The van der Waals surface area contributed by atoms with Crippen molar-refractivity contribution in [2.45, 2.75) is 4.90 Å². The van der Waals surface area contributed by atoms with Gasteiger partial charge in [-0.3, -0.25) is 9.52 Å². The van der Waals surface area contributed by atoms with Crippen LogP contribution in [0.25, 0.3) is 0 Å². The first-order valence-corrected chi connectivity index (χ1v) is 7.17. The summed E-state index contributed by atoms with van der Waals surface area (Å²) in [6.45, 7) is 0. The number of halogens is 2. The standard InChI is InChI=1S/C13H10F2N2O3S/c14-9-5-3-7-11(12(9)15)21(19,20)17-10-6-2-1-4-8(10)13(16)18/h1-7,17H,(H2,16,18). The van der Waals surface area contributed by atoms with Crippen molar-refractivity contribution in [1.29, 1.82) is 0 Å². The summed E-state index contributed by atoms with van der Waals surface area (Å²) in [5.74, 6) is -3.64. The third kappa shape index (κ3) is 3.00. The molecule has 3 N–H and O–H groups in total. The zero-order chi connectivity index (χ0) is 15.6. The fourth-order valence-electron chi connectivity index (χ4n) is 1.68. The molecule has 21 heavy (non-hydrogen) atoms. The summed E-state index contributed by atoms with van der Waals surface area (Å²) in [5.41, 5.74) is 4.92. The Hall–Kier alpha value is -2.48. The number of para-hydroxylation sites is 1. The van der Waals surface area contributed by atoms with E-state index in [1.165, 1.54) is 24.3 Å². The van der Waals surface area contributed by atoms with Gasteiger partial charge in [-0.05, 0) is 24.3 Å². The molecule has 8 heteroatoms. The van der Waals surface area contributed by atoms with Crippen molar-refractivity contribution in [3.8, 4) is 0 Å². The van der Waals surface area contributed by atoms with Gasteiger partial charge in [0.2, 0.25) is 0 Å². The van der Waals surface area contributed by atoms with Crippen LogP contribution in [0.4, 0.5) is 14.5 Å². The first kappa shape index (κ1) is 14.9. The second-order valence-electron chi connectivity index (χ2n) is 4.07. The van der Waals surface area contributed by atoms with Gasteiger partial charge in [0.05, 0.1) is 11.3 Å². The summed E-state index contributed by atoms with van der Waals surface area (Å²) in [6, 6.07) is 8.32. The summed E-state index contributed by atoms with van der Waals surface area (Å²) in [5, 5.41) is 0. The normalized spacial score (nSPS) is 11.1. The van der Waals surface area contributed by atoms with Gasteiger partial charge in [-0.2, -0.15) is 0 Å². The highest BCUT2D eigenvalue weighted by Crippen LogP contribution is 2.22. The Morgan fingerprint density at radius 3 is 2.38 bits per heavy atom. The minimum Gasteiger partial charge on any atom is -0.366 e. The summed E-state index contributed by atoms with van der Waals surface area (Å²) in [4.78, 5) is 10.4. The lowest BCUT2D eigenvalue weighted by Crippen LogP contribution is -2.19. The van der Waals surface area contributed by atoms with Crippen LogP contribution in [0.5, 0.6) is 0 Å². The van der Waals surface area contributed by atoms with E-state index in [0.717, 1.165) is 18.2 Å². The quantitative estimate of drug-likeness (QED) is 0.903. The molecule has 2 aromatic rings. The average molecular weight is 312 g/mol. The van der Waals surface area contributed by atoms with Crippen LogP contribution in [0.2, 0.25) is 0 Å². The lowest BCUT2D eigenvalue weighted by Gasteiger charge is -2.11. The molecular weight excluding hydrogens is 302 g/mol. The molecule has 0 fully saturated rings. The molecule has 0 aromatic heterocycles. The van der Waals surface area contributed by atoms with Crippen LogP contribution in [0, 0.1) is 11.6 Å². The highest BCUT2D eigenvalue weighted by Gasteiger charge is 2.23. The Morgan fingerprint density at radius 2 is 1.71 bits per heavy atom. The largest absolute Gasteiger partial charge is 0.366 e. The zero-order valence-electron chi connectivity index (χ0n) is 10.5. The highest BCUT2D eigenvalue weighted by molar-refractivity contribution is 7.92. The minimum absolute atomic E-state index is 0.0853. The molecule has 0 atom stereocenters. The molecule has 0 unspecified atom stereocenters. The predicted molar refractivity (Wildman–Crippen MR) is 72.1 cm³/mol. The van der Waals surface area contributed by atoms with Crippen molar-refractivity contribution in [3.05, 3.63) is 59.7 Å². The second-order valence-corrected chi connectivity index (χ2v) is 5.72. The van der Waals surface area contributed by atoms with E-state index < -0.39 is 32.5 Å². The Bertz CT molecular complexity index is 807. The van der Waals surface area contributed by atoms with E-state index in [-0.39, 0.29) is 11.3 Å². The molecule has 0 saturated carbocycles. The lowest BCUT2D eigenvalue weighted by atomic mass is 10.2. The number of amides is 1. The SMILES string of the molecule is NC(=O)c1ccccc1NS(=O)(=O)c1cccc(F)c1F. The van der Waals surface area contributed by atoms with Crippen molar-refractivity contribution in [2.24, 2.45) is 5.73 Å². The molecule has 0 aliphatic heterocycles. The number of nitrogens with one attached hydrogen (secondary N) is 1. The van der Waals surface area contributed by atoms with Gasteiger partial charge >= 0.3 is 0 Å². The third-order valence-electron chi connectivity index (χ3n) is 2.64. The van der Waals surface area contributed by atoms with Gasteiger partial charge in [0.25, 0.3) is 15.9 Å². The van der Waals surface area contributed by atoms with Crippen LogP contribution in [-0.2, 0) is 10.0 Å². The maximum atomic E-state index is 13.6. The maximum absolute atomic E-state index is 13.6. The van der Waals surface area contributed by atoms with Crippen LogP contribution >= 0.6 is 0 Å². The van der Waals surface area contributed by atoms with Crippen LogP contribution in [0.15, 0.2) is 47.4 Å². The van der Waals surface area contributed by atoms with Crippen molar-refractivity contribution in [1.82, 2.24) is 0 Å². The molecule has 0 bridgehead atoms. The van der Waals surface area contributed by atoms with Gasteiger partial charge in [-0.1, -0.05) is 18.2 Å². The molecule has 0 aliphatic carbocycles. The smallest absolute Gasteiger partial charge is 0.264 e. The summed E-state index contributed by atoms with van der Waals surface area (Å²) in [7, 11) is -4.40. The number of carbonyl (C=O) groups is 1. The number of carbonyl (C=O) groups excluding carboxylic acids is 1. The zero-order valence-corrected chi connectivity index (χ0v) is 11.3. The van der Waals surface area contributed by atoms with Crippen molar-refractivity contribution < 1.29 is 22.0 Å². The summed E-state index contributed by atoms with van der Waals surface area (Å²) >= 11 is 0. The first-order chi connectivity index (χ1) is 9.83. The molecule has 0 aliphatic rings. The number of benzene rings is 2. The van der Waals surface area contributed by atoms with Crippen LogP contribution in [-0.4, -0.2) is 14.3 Å². The van der Waals surface area contributed by atoms with Crippen LogP contribution in [0.1, 0.15) is 10.4 Å². The van der Waals surface area contributed by atoms with Crippen molar-refractivity contribution in [3.63, 3.8) is 0 Å². The van der Waals surface area contributed by atoms with E-state index in [1.54, 1.807) is 0 Å². The van der Waals surface area contributed by atoms with E-state index in [4.69, 9.17) is 5.73 Å². The summed E-state index contributed by atoms with van der Waals surface area (Å²) < 4.78 is 52.9. The lowest BCUT2D eigenvalue weighted by molar-refractivity contribution is 0.100. The monoisotopic (exact) mass is 312 g/mol. The average Bonchev–Trinajstić information content (AvgIpc) is 2.41. The first-order valence-electron chi connectivity index (χ1n) is 5.68. The highest BCUT2D eigenvalue weighted by atomic mass is 32.2. The molecule has 5 nitrogen and oxygen atoms in total. The second kappa shape index (κ2) is 5.49. The number of anilines is 1. The molecule has 0 heterocycles. The van der Waals surface area contributed by atoms with Gasteiger partial charge < -0.3 is 5.73 Å². The number of nitrogens with two attached hydrogens (primary N) is 1. The van der Waals surface area contributed by atoms with E-state index in [9.17, 15) is 22.0 Å². The molecule has 1 amide bonds.